The van der Waals surface area contributed by atoms with Gasteiger partial charge in [0.05, 0.1) is 33.9 Å². The molecule has 0 bridgehead atoms. The van der Waals surface area contributed by atoms with Crippen LogP contribution in [0.25, 0.3) is 32.7 Å². The van der Waals surface area contributed by atoms with Gasteiger partial charge >= 0.3 is 0 Å². The minimum atomic E-state index is -0.690. The molecule has 67 heavy (non-hydrogen) atoms. The number of hydrogen-bond acceptors (Lipinski definition) is 4. The Labute approximate surface area is 394 Å². The lowest BCUT2D eigenvalue weighted by Crippen LogP contribution is -2.37. The summed E-state index contributed by atoms with van der Waals surface area (Å²) in [6, 6.07) is 92.1. The van der Waals surface area contributed by atoms with E-state index in [1.807, 2.05) is 11.8 Å². The van der Waals surface area contributed by atoms with Gasteiger partial charge in [0.25, 0.3) is 0 Å². The molecule has 0 N–H and O–H groups in total. The summed E-state index contributed by atoms with van der Waals surface area (Å²) in [5.74, 6) is 0. The summed E-state index contributed by atoms with van der Waals surface area (Å²) >= 11 is 1.88. The lowest BCUT2D eigenvalue weighted by Gasteiger charge is -2.47. The molecule has 0 aromatic heterocycles. The monoisotopic (exact) mass is 871 g/mol. The summed E-state index contributed by atoms with van der Waals surface area (Å²) in [5.41, 5.74) is 17.3. The van der Waals surface area contributed by atoms with Crippen molar-refractivity contribution in [3.63, 3.8) is 0 Å². The molecule has 2 heterocycles. The first-order chi connectivity index (χ1) is 33.3. The Hall–Kier alpha value is -8.31. The van der Waals surface area contributed by atoms with Gasteiger partial charge in [-0.2, -0.15) is 0 Å². The molecule has 0 atom stereocenters. The third kappa shape index (κ3) is 5.54. The number of benzene rings is 11. The second-order valence-electron chi connectivity index (χ2n) is 17.6. The normalized spacial score (nSPS) is 13.4. The maximum Gasteiger partial charge on any atom is 0.0756 e. The van der Waals surface area contributed by atoms with E-state index in [0.717, 1.165) is 34.1 Å². The van der Waals surface area contributed by atoms with Crippen LogP contribution in [-0.4, -0.2) is 0 Å². The van der Waals surface area contributed by atoms with Gasteiger partial charge in [0.15, 0.2) is 0 Å². The van der Waals surface area contributed by atoms with Crippen LogP contribution in [0.1, 0.15) is 22.3 Å². The zero-order valence-electron chi connectivity index (χ0n) is 36.4. The van der Waals surface area contributed by atoms with Crippen LogP contribution in [-0.2, 0) is 5.41 Å². The van der Waals surface area contributed by atoms with E-state index in [4.69, 9.17) is 0 Å². The molecule has 314 valence electrons. The van der Waals surface area contributed by atoms with Crippen LogP contribution in [0.15, 0.2) is 259 Å². The van der Waals surface area contributed by atoms with Gasteiger partial charge in [-0.25, -0.2) is 0 Å². The molecule has 11 aromatic rings. The molecule has 14 rings (SSSR count). The fraction of sp³-hybridized carbons (Fsp3) is 0.0159. The lowest BCUT2D eigenvalue weighted by molar-refractivity contribution is 0.746. The van der Waals surface area contributed by atoms with E-state index >= 15 is 0 Å². The highest BCUT2D eigenvalue weighted by molar-refractivity contribution is 7.99. The predicted octanol–water partition coefficient (Wildman–Crippen LogP) is 17.5. The van der Waals surface area contributed by atoms with Crippen molar-refractivity contribution in [3.05, 3.63) is 271 Å². The summed E-state index contributed by atoms with van der Waals surface area (Å²) < 4.78 is 0. The SMILES string of the molecule is c1ccc(N(c2ccc3c(c2)C2(c4cc(N(c5ccccc5)c5cccc6ccccc56)ccc4-3)c3ccccc3N3c4ccccc4Sc4cccc2c43)c2cccc3ccccc23)cc1. The summed E-state index contributed by atoms with van der Waals surface area (Å²) in [4.78, 5) is 9.97. The first-order valence-corrected chi connectivity index (χ1v) is 23.8. The highest BCUT2D eigenvalue weighted by Crippen LogP contribution is 2.67. The number of para-hydroxylation sites is 5. The van der Waals surface area contributed by atoms with Crippen LogP contribution in [0, 0.1) is 0 Å². The van der Waals surface area contributed by atoms with E-state index in [1.165, 1.54) is 81.8 Å². The van der Waals surface area contributed by atoms with Crippen LogP contribution >= 0.6 is 11.8 Å². The Kier molecular flexibility index (Phi) is 8.43. The second kappa shape index (κ2) is 14.9. The number of nitrogens with zero attached hydrogens (tertiary/aromatic N) is 3. The van der Waals surface area contributed by atoms with Gasteiger partial charge in [-0.1, -0.05) is 176 Å². The van der Waals surface area contributed by atoms with Gasteiger partial charge in [-0.05, 0) is 129 Å². The third-order valence-corrected chi connectivity index (χ3v) is 15.3. The average Bonchev–Trinajstić information content (AvgIpc) is 3.67. The van der Waals surface area contributed by atoms with E-state index in [0.29, 0.717) is 0 Å². The molecular formula is C63H41N3S. The Morgan fingerprint density at radius 1 is 0.328 bits per heavy atom. The van der Waals surface area contributed by atoms with Crippen molar-refractivity contribution in [1.82, 2.24) is 0 Å². The Morgan fingerprint density at radius 3 is 1.40 bits per heavy atom. The highest BCUT2D eigenvalue weighted by atomic mass is 32.2. The van der Waals surface area contributed by atoms with Gasteiger partial charge in [-0.3, -0.25) is 0 Å². The fourth-order valence-electron chi connectivity index (χ4n) is 11.5. The first kappa shape index (κ1) is 38.0. The van der Waals surface area contributed by atoms with Crippen molar-refractivity contribution in [2.45, 2.75) is 15.2 Å². The second-order valence-corrected chi connectivity index (χ2v) is 18.7. The largest absolute Gasteiger partial charge is 0.310 e. The molecule has 11 aromatic carbocycles. The van der Waals surface area contributed by atoms with Crippen LogP contribution in [0.2, 0.25) is 0 Å². The number of hydrogen-bond donors (Lipinski definition) is 0. The molecule has 0 amide bonds. The number of anilines is 9. The van der Waals surface area contributed by atoms with Crippen LogP contribution in [0.5, 0.6) is 0 Å². The van der Waals surface area contributed by atoms with Gasteiger partial charge in [0, 0.05) is 43.3 Å². The maximum atomic E-state index is 2.54. The molecular weight excluding hydrogens is 831 g/mol. The van der Waals surface area contributed by atoms with Crippen LogP contribution in [0.3, 0.4) is 0 Å². The van der Waals surface area contributed by atoms with Crippen molar-refractivity contribution in [3.8, 4) is 11.1 Å². The first-order valence-electron chi connectivity index (χ1n) is 23.0. The Morgan fingerprint density at radius 2 is 0.791 bits per heavy atom. The minimum absolute atomic E-state index is 0.690. The average molecular weight is 872 g/mol. The minimum Gasteiger partial charge on any atom is -0.310 e. The predicted molar refractivity (Wildman–Crippen MR) is 280 cm³/mol. The zero-order valence-corrected chi connectivity index (χ0v) is 37.2. The Bertz CT molecular complexity index is 3590. The van der Waals surface area contributed by atoms with Gasteiger partial charge in [-0.15, -0.1) is 0 Å². The van der Waals surface area contributed by atoms with Gasteiger partial charge < -0.3 is 14.7 Å². The molecule has 3 aliphatic rings. The molecule has 4 heteroatoms. The summed E-state index contributed by atoms with van der Waals surface area (Å²) in [7, 11) is 0. The molecule has 0 fully saturated rings. The molecule has 0 radical (unpaired) electrons. The fourth-order valence-corrected chi connectivity index (χ4v) is 12.6. The van der Waals surface area contributed by atoms with E-state index in [9.17, 15) is 0 Å². The summed E-state index contributed by atoms with van der Waals surface area (Å²) in [5, 5.41) is 4.83. The van der Waals surface area contributed by atoms with E-state index in [-0.39, 0.29) is 0 Å². The maximum absolute atomic E-state index is 2.54. The van der Waals surface area contributed by atoms with Gasteiger partial charge in [0.2, 0.25) is 0 Å². The number of fused-ring (bicyclic) bond motifs is 13. The summed E-state index contributed by atoms with van der Waals surface area (Å²) in [6.45, 7) is 0. The van der Waals surface area contributed by atoms with Crippen molar-refractivity contribution >= 4 is 84.5 Å². The summed E-state index contributed by atoms with van der Waals surface area (Å²) in [6.07, 6.45) is 0. The lowest BCUT2D eigenvalue weighted by atomic mass is 9.64. The molecule has 0 saturated heterocycles. The van der Waals surface area contributed by atoms with Gasteiger partial charge in [0.1, 0.15) is 0 Å². The van der Waals surface area contributed by atoms with Crippen LogP contribution in [0.4, 0.5) is 51.2 Å². The van der Waals surface area contributed by atoms with Crippen molar-refractivity contribution < 1.29 is 0 Å². The molecule has 1 spiro atoms. The van der Waals surface area contributed by atoms with Crippen molar-refractivity contribution in [2.75, 3.05) is 14.7 Å². The van der Waals surface area contributed by atoms with E-state index in [2.05, 4.69) is 263 Å². The zero-order chi connectivity index (χ0) is 44.1. The number of rotatable bonds is 6. The molecule has 0 saturated carbocycles. The van der Waals surface area contributed by atoms with E-state index in [1.54, 1.807) is 0 Å². The highest BCUT2D eigenvalue weighted by Gasteiger charge is 2.53. The van der Waals surface area contributed by atoms with Crippen molar-refractivity contribution in [1.29, 1.82) is 0 Å². The smallest absolute Gasteiger partial charge is 0.0756 e. The molecule has 0 unspecified atom stereocenters. The van der Waals surface area contributed by atoms with Crippen LogP contribution < -0.4 is 14.7 Å². The topological polar surface area (TPSA) is 9.72 Å². The quantitative estimate of drug-likeness (QED) is 0.165. The van der Waals surface area contributed by atoms with Crippen molar-refractivity contribution in [2.24, 2.45) is 0 Å². The standard InChI is InChI=1S/C63H41N3S/c1-3-22-44(23-4-1)64(56-32-15-20-42-18-7-9-26-48(42)56)46-36-38-50-51-39-37-47(65(45-24-5-2-6-25-45)57-33-16-21-43-19-8-10-27-49(43)57)41-55(51)63(54(50)40-46)52-28-11-12-30-58(52)66-59-31-13-14-34-60(59)67-61-35-17-29-53(63)62(61)66/h1-41H. The third-order valence-electron chi connectivity index (χ3n) is 14.2. The molecule has 1 aliphatic carbocycles. The molecule has 2 aliphatic heterocycles. The Balaban J connectivity index is 1.09. The molecule has 3 nitrogen and oxygen atoms in total. The van der Waals surface area contributed by atoms with E-state index < -0.39 is 5.41 Å².